The molecule has 0 spiro atoms. The number of aromatic nitrogens is 2. The standard InChI is InChI=1S/C12H13N3O2S/c1-15-8-7-13-12(15)18-10(11(16)14-17)9-5-3-2-4-6-9/h2-8,10,17H,1H3,(H,14,16). The van der Waals surface area contributed by atoms with E-state index in [1.165, 1.54) is 11.8 Å². The summed E-state index contributed by atoms with van der Waals surface area (Å²) >= 11 is 1.29. The molecule has 2 aromatic rings. The van der Waals surface area contributed by atoms with E-state index in [9.17, 15) is 4.79 Å². The fourth-order valence-electron chi connectivity index (χ4n) is 1.53. The summed E-state index contributed by atoms with van der Waals surface area (Å²) in [7, 11) is 1.86. The fraction of sp³-hybridized carbons (Fsp3) is 0.167. The van der Waals surface area contributed by atoms with Crippen LogP contribution in [0.25, 0.3) is 0 Å². The van der Waals surface area contributed by atoms with Crippen LogP contribution in [0.3, 0.4) is 0 Å². The molecule has 1 atom stereocenters. The summed E-state index contributed by atoms with van der Waals surface area (Å²) in [6, 6.07) is 9.27. The lowest BCUT2D eigenvalue weighted by molar-refractivity contribution is -0.128. The van der Waals surface area contributed by atoms with Crippen molar-refractivity contribution in [1.82, 2.24) is 15.0 Å². The zero-order valence-corrected chi connectivity index (χ0v) is 10.6. The Hall–Kier alpha value is -1.79. The third-order valence-electron chi connectivity index (χ3n) is 2.45. The summed E-state index contributed by atoms with van der Waals surface area (Å²) in [5, 5.41) is 9.01. The molecule has 0 saturated heterocycles. The maximum Gasteiger partial charge on any atom is 0.261 e. The van der Waals surface area contributed by atoms with E-state index < -0.39 is 11.2 Å². The highest BCUT2D eigenvalue weighted by Gasteiger charge is 2.23. The minimum atomic E-state index is -0.530. The number of imidazole rings is 1. The molecule has 1 aromatic carbocycles. The van der Waals surface area contributed by atoms with Crippen molar-refractivity contribution < 1.29 is 10.0 Å². The van der Waals surface area contributed by atoms with Gasteiger partial charge in [-0.25, -0.2) is 10.5 Å². The van der Waals surface area contributed by atoms with Crippen molar-refractivity contribution in [3.8, 4) is 0 Å². The maximum absolute atomic E-state index is 11.7. The van der Waals surface area contributed by atoms with E-state index in [-0.39, 0.29) is 0 Å². The monoisotopic (exact) mass is 263 g/mol. The Morgan fingerprint density at radius 1 is 1.44 bits per heavy atom. The van der Waals surface area contributed by atoms with Gasteiger partial charge in [-0.3, -0.25) is 10.0 Å². The number of amides is 1. The molecule has 0 aliphatic rings. The molecule has 5 nitrogen and oxygen atoms in total. The van der Waals surface area contributed by atoms with Gasteiger partial charge in [-0.2, -0.15) is 0 Å². The molecule has 2 rings (SSSR count). The van der Waals surface area contributed by atoms with E-state index in [1.54, 1.807) is 17.9 Å². The third-order valence-corrected chi connectivity index (χ3v) is 3.78. The summed E-state index contributed by atoms with van der Waals surface area (Å²) < 4.78 is 1.82. The molecular weight excluding hydrogens is 250 g/mol. The zero-order chi connectivity index (χ0) is 13.0. The summed E-state index contributed by atoms with van der Waals surface area (Å²) in [5.74, 6) is -0.464. The first-order valence-corrected chi connectivity index (χ1v) is 6.23. The molecule has 1 heterocycles. The van der Waals surface area contributed by atoms with Gasteiger partial charge in [-0.1, -0.05) is 42.1 Å². The van der Waals surface area contributed by atoms with E-state index in [2.05, 4.69) is 4.98 Å². The van der Waals surface area contributed by atoms with Crippen molar-refractivity contribution in [3.63, 3.8) is 0 Å². The number of benzene rings is 1. The summed E-state index contributed by atoms with van der Waals surface area (Å²) in [5.41, 5.74) is 2.52. The third kappa shape index (κ3) is 2.72. The van der Waals surface area contributed by atoms with Gasteiger partial charge in [-0.05, 0) is 5.56 Å². The molecule has 0 aliphatic heterocycles. The van der Waals surface area contributed by atoms with Crippen molar-refractivity contribution in [2.75, 3.05) is 0 Å². The first-order chi connectivity index (χ1) is 8.72. The van der Waals surface area contributed by atoms with Crippen LogP contribution < -0.4 is 5.48 Å². The number of nitrogens with zero attached hydrogens (tertiary/aromatic N) is 2. The van der Waals surface area contributed by atoms with Crippen LogP contribution >= 0.6 is 11.8 Å². The smallest absolute Gasteiger partial charge is 0.261 e. The predicted molar refractivity (Wildman–Crippen MR) is 68.2 cm³/mol. The highest BCUT2D eigenvalue weighted by Crippen LogP contribution is 2.33. The number of hydrogen-bond acceptors (Lipinski definition) is 4. The summed E-state index contributed by atoms with van der Waals surface area (Å²) in [4.78, 5) is 15.9. The molecule has 0 saturated carbocycles. The molecule has 0 radical (unpaired) electrons. The van der Waals surface area contributed by atoms with Crippen LogP contribution in [0.2, 0.25) is 0 Å². The normalized spacial score (nSPS) is 12.1. The molecule has 2 N–H and O–H groups in total. The zero-order valence-electron chi connectivity index (χ0n) is 9.78. The summed E-state index contributed by atoms with van der Waals surface area (Å²) in [6.07, 6.45) is 3.47. The second-order valence-electron chi connectivity index (χ2n) is 3.71. The Bertz CT molecular complexity index is 527. The molecule has 0 fully saturated rings. The number of hydroxylamine groups is 1. The van der Waals surface area contributed by atoms with Crippen molar-refractivity contribution in [3.05, 3.63) is 48.3 Å². The van der Waals surface area contributed by atoms with Crippen LogP contribution in [0.4, 0.5) is 0 Å². The fourth-order valence-corrected chi connectivity index (χ4v) is 2.54. The van der Waals surface area contributed by atoms with Gasteiger partial charge >= 0.3 is 0 Å². The van der Waals surface area contributed by atoms with E-state index in [4.69, 9.17) is 5.21 Å². The van der Waals surface area contributed by atoms with Gasteiger partial charge < -0.3 is 4.57 Å². The van der Waals surface area contributed by atoms with Gasteiger partial charge in [0.2, 0.25) is 0 Å². The van der Waals surface area contributed by atoms with Crippen LogP contribution in [0.1, 0.15) is 10.8 Å². The second-order valence-corrected chi connectivity index (χ2v) is 4.78. The van der Waals surface area contributed by atoms with Gasteiger partial charge in [0, 0.05) is 19.4 Å². The minimum Gasteiger partial charge on any atom is -0.329 e. The number of nitrogens with one attached hydrogen (secondary N) is 1. The molecular formula is C12H13N3O2S. The molecule has 18 heavy (non-hydrogen) atoms. The molecule has 0 aliphatic carbocycles. The van der Waals surface area contributed by atoms with Crippen molar-refractivity contribution >= 4 is 17.7 Å². The van der Waals surface area contributed by atoms with Crippen molar-refractivity contribution in [2.45, 2.75) is 10.4 Å². The SMILES string of the molecule is Cn1ccnc1SC(C(=O)NO)c1ccccc1. The van der Waals surface area contributed by atoms with Crippen molar-refractivity contribution in [1.29, 1.82) is 0 Å². The Kier molecular flexibility index (Phi) is 4.01. The number of hydrogen-bond donors (Lipinski definition) is 2. The molecule has 6 heteroatoms. The minimum absolute atomic E-state index is 0.464. The van der Waals surface area contributed by atoms with Gasteiger partial charge in [0.25, 0.3) is 5.91 Å². The Morgan fingerprint density at radius 2 is 2.17 bits per heavy atom. The van der Waals surface area contributed by atoms with E-state index in [0.29, 0.717) is 5.16 Å². The molecule has 1 amide bonds. The maximum atomic E-state index is 11.7. The quantitative estimate of drug-likeness (QED) is 0.501. The molecule has 1 unspecified atom stereocenters. The van der Waals surface area contributed by atoms with Gasteiger partial charge in [0.1, 0.15) is 5.25 Å². The highest BCUT2D eigenvalue weighted by atomic mass is 32.2. The first kappa shape index (κ1) is 12.7. The van der Waals surface area contributed by atoms with Gasteiger partial charge in [-0.15, -0.1) is 0 Å². The van der Waals surface area contributed by atoms with Gasteiger partial charge in [0.05, 0.1) is 0 Å². The Morgan fingerprint density at radius 3 is 2.72 bits per heavy atom. The van der Waals surface area contributed by atoms with E-state index in [1.807, 2.05) is 41.9 Å². The predicted octanol–water partition coefficient (Wildman–Crippen LogP) is 1.76. The second kappa shape index (κ2) is 5.70. The summed E-state index contributed by atoms with van der Waals surface area (Å²) in [6.45, 7) is 0. The topological polar surface area (TPSA) is 67.2 Å². The van der Waals surface area contributed by atoms with E-state index in [0.717, 1.165) is 5.56 Å². The highest BCUT2D eigenvalue weighted by molar-refractivity contribution is 8.00. The molecule has 1 aromatic heterocycles. The number of thioether (sulfide) groups is 1. The van der Waals surface area contributed by atoms with Crippen molar-refractivity contribution in [2.24, 2.45) is 7.05 Å². The number of carbonyl (C=O) groups excluding carboxylic acids is 1. The molecule has 0 bridgehead atoms. The molecule has 94 valence electrons. The first-order valence-electron chi connectivity index (χ1n) is 5.35. The average Bonchev–Trinajstić information content (AvgIpc) is 2.81. The van der Waals surface area contributed by atoms with Crippen LogP contribution in [0.5, 0.6) is 0 Å². The Labute approximate surface area is 109 Å². The Balaban J connectivity index is 2.27. The van der Waals surface area contributed by atoms with Crippen LogP contribution in [0.15, 0.2) is 47.9 Å². The van der Waals surface area contributed by atoms with Crippen LogP contribution in [-0.2, 0) is 11.8 Å². The van der Waals surface area contributed by atoms with E-state index >= 15 is 0 Å². The largest absolute Gasteiger partial charge is 0.329 e. The lowest BCUT2D eigenvalue weighted by atomic mass is 10.1. The lowest BCUT2D eigenvalue weighted by Gasteiger charge is -2.14. The number of aryl methyl sites for hydroxylation is 1. The van der Waals surface area contributed by atoms with Crippen LogP contribution in [0, 0.1) is 0 Å². The average molecular weight is 263 g/mol. The lowest BCUT2D eigenvalue weighted by Crippen LogP contribution is -2.24. The number of rotatable bonds is 4. The van der Waals surface area contributed by atoms with Gasteiger partial charge in [0.15, 0.2) is 5.16 Å². The number of carbonyl (C=O) groups is 1. The van der Waals surface area contributed by atoms with Crippen LogP contribution in [-0.4, -0.2) is 20.7 Å².